The zero-order chi connectivity index (χ0) is 23.5. The van der Waals surface area contributed by atoms with Crippen LogP contribution in [0.15, 0.2) is 84.9 Å². The number of ether oxygens (including phenoxy) is 1. The number of aryl methyl sites for hydroxylation is 1. The average molecular weight is 462 g/mol. The molecule has 0 amide bonds. The maximum atomic E-state index is 11.3. The van der Waals surface area contributed by atoms with Gasteiger partial charge in [0.05, 0.1) is 4.99 Å². The summed E-state index contributed by atoms with van der Waals surface area (Å²) in [6.45, 7) is 2.90. The summed E-state index contributed by atoms with van der Waals surface area (Å²) in [6.07, 6.45) is 1.32. The van der Waals surface area contributed by atoms with E-state index in [0.29, 0.717) is 19.6 Å². The second kappa shape index (κ2) is 12.9. The van der Waals surface area contributed by atoms with Gasteiger partial charge in [0, 0.05) is 25.5 Å². The molecule has 0 saturated heterocycles. The van der Waals surface area contributed by atoms with Crippen molar-refractivity contribution in [2.24, 2.45) is 0 Å². The summed E-state index contributed by atoms with van der Waals surface area (Å²) in [5, 5.41) is 12.7. The van der Waals surface area contributed by atoms with Crippen LogP contribution in [-0.2, 0) is 28.9 Å². The lowest BCUT2D eigenvalue weighted by atomic mass is 9.91. The Labute approximate surface area is 201 Å². The predicted octanol–water partition coefficient (Wildman–Crippen LogP) is 5.55. The standard InChI is InChI=1S/C28H31NO3S/c1-2-32-26(28(30)31)19-22-15-13-21(14-16-22)17-18-25(24-11-7-4-8-12-24)27(33)29-20-23-9-5-3-6-10-23/h3-16,25-26H,2,17-20H2,1H3,(H,29,33)(H,30,31)/t25-,26+/m0/s1. The van der Waals surface area contributed by atoms with Gasteiger partial charge in [-0.2, -0.15) is 0 Å². The molecule has 0 fully saturated rings. The minimum Gasteiger partial charge on any atom is -0.479 e. The van der Waals surface area contributed by atoms with E-state index in [9.17, 15) is 9.90 Å². The number of nitrogens with one attached hydrogen (secondary N) is 1. The van der Waals surface area contributed by atoms with Crippen molar-refractivity contribution in [1.29, 1.82) is 0 Å². The van der Waals surface area contributed by atoms with Gasteiger partial charge in [0.25, 0.3) is 0 Å². The zero-order valence-corrected chi connectivity index (χ0v) is 19.8. The first-order valence-corrected chi connectivity index (χ1v) is 11.8. The highest BCUT2D eigenvalue weighted by Gasteiger charge is 2.19. The molecule has 3 aromatic carbocycles. The van der Waals surface area contributed by atoms with Crippen molar-refractivity contribution in [2.45, 2.75) is 44.8 Å². The Morgan fingerprint density at radius 3 is 2.12 bits per heavy atom. The molecule has 2 atom stereocenters. The minimum atomic E-state index is -0.928. The van der Waals surface area contributed by atoms with E-state index in [2.05, 4.69) is 41.7 Å². The first kappa shape index (κ1) is 24.6. The number of hydrogen-bond acceptors (Lipinski definition) is 3. The Kier molecular flexibility index (Phi) is 9.60. The van der Waals surface area contributed by atoms with Gasteiger partial charge in [0.2, 0.25) is 0 Å². The van der Waals surface area contributed by atoms with Gasteiger partial charge in [-0.3, -0.25) is 0 Å². The van der Waals surface area contributed by atoms with E-state index in [4.69, 9.17) is 17.0 Å². The topological polar surface area (TPSA) is 58.6 Å². The SMILES string of the molecule is CCO[C@H](Cc1ccc(CC[C@H](C(=S)NCc2ccccc2)c2ccccc2)cc1)C(=O)O. The molecule has 0 heterocycles. The molecule has 172 valence electrons. The first-order valence-electron chi connectivity index (χ1n) is 11.4. The molecule has 2 N–H and O–H groups in total. The summed E-state index contributed by atoms with van der Waals surface area (Å²) in [5.41, 5.74) is 4.57. The van der Waals surface area contributed by atoms with Crippen LogP contribution in [0.3, 0.4) is 0 Å². The normalized spacial score (nSPS) is 12.6. The molecule has 3 rings (SSSR count). The quantitative estimate of drug-likeness (QED) is 0.346. The van der Waals surface area contributed by atoms with Crippen LogP contribution in [0.25, 0.3) is 0 Å². The number of thiocarbonyl (C=S) groups is 1. The van der Waals surface area contributed by atoms with E-state index in [-0.39, 0.29) is 5.92 Å². The third kappa shape index (κ3) is 7.81. The van der Waals surface area contributed by atoms with Gasteiger partial charge in [0.15, 0.2) is 6.10 Å². The smallest absolute Gasteiger partial charge is 0.333 e. The first-order chi connectivity index (χ1) is 16.1. The molecular formula is C28H31NO3S. The van der Waals surface area contributed by atoms with E-state index >= 15 is 0 Å². The Morgan fingerprint density at radius 1 is 0.909 bits per heavy atom. The van der Waals surface area contributed by atoms with Crippen LogP contribution in [0.2, 0.25) is 0 Å². The minimum absolute atomic E-state index is 0.124. The number of benzene rings is 3. The summed E-state index contributed by atoms with van der Waals surface area (Å²) in [5.74, 6) is -0.804. The molecule has 0 aliphatic rings. The highest BCUT2D eigenvalue weighted by Crippen LogP contribution is 2.24. The molecule has 0 aromatic heterocycles. The summed E-state index contributed by atoms with van der Waals surface area (Å²) in [6, 6.07) is 28.8. The van der Waals surface area contributed by atoms with Crippen LogP contribution in [0, 0.1) is 0 Å². The van der Waals surface area contributed by atoms with Gasteiger partial charge in [-0.15, -0.1) is 0 Å². The Balaban J connectivity index is 1.63. The molecule has 3 aromatic rings. The Morgan fingerprint density at radius 2 is 1.52 bits per heavy atom. The highest BCUT2D eigenvalue weighted by molar-refractivity contribution is 7.80. The van der Waals surface area contributed by atoms with Crippen molar-refractivity contribution in [3.8, 4) is 0 Å². The number of carboxylic acid groups (broad SMARTS) is 1. The molecule has 5 heteroatoms. The molecule has 0 unspecified atom stereocenters. The van der Waals surface area contributed by atoms with Crippen molar-refractivity contribution >= 4 is 23.2 Å². The van der Waals surface area contributed by atoms with Crippen molar-refractivity contribution in [1.82, 2.24) is 5.32 Å². The second-order valence-corrected chi connectivity index (χ2v) is 8.45. The van der Waals surface area contributed by atoms with E-state index < -0.39 is 12.1 Å². The van der Waals surface area contributed by atoms with Crippen molar-refractivity contribution in [2.75, 3.05) is 6.61 Å². The van der Waals surface area contributed by atoms with E-state index in [0.717, 1.165) is 23.4 Å². The molecule has 0 aliphatic heterocycles. The largest absolute Gasteiger partial charge is 0.479 e. The van der Waals surface area contributed by atoms with Crippen molar-refractivity contribution in [3.63, 3.8) is 0 Å². The Bertz CT molecular complexity index is 1010. The lowest BCUT2D eigenvalue weighted by Gasteiger charge is -2.20. The summed E-state index contributed by atoms with van der Waals surface area (Å²) < 4.78 is 5.33. The summed E-state index contributed by atoms with van der Waals surface area (Å²) in [7, 11) is 0. The van der Waals surface area contributed by atoms with Crippen LogP contribution in [0.4, 0.5) is 0 Å². The second-order valence-electron chi connectivity index (χ2n) is 8.01. The monoisotopic (exact) mass is 461 g/mol. The summed E-state index contributed by atoms with van der Waals surface area (Å²) in [4.78, 5) is 12.2. The molecule has 0 bridgehead atoms. The highest BCUT2D eigenvalue weighted by atomic mass is 32.1. The number of carboxylic acids is 1. The van der Waals surface area contributed by atoms with Gasteiger partial charge < -0.3 is 15.2 Å². The third-order valence-electron chi connectivity index (χ3n) is 5.64. The van der Waals surface area contributed by atoms with Crippen LogP contribution in [0.1, 0.15) is 41.5 Å². The van der Waals surface area contributed by atoms with Crippen LogP contribution in [0.5, 0.6) is 0 Å². The van der Waals surface area contributed by atoms with E-state index in [1.165, 1.54) is 16.7 Å². The van der Waals surface area contributed by atoms with E-state index in [1.807, 2.05) is 48.5 Å². The number of hydrogen-bond donors (Lipinski definition) is 2. The molecule has 0 radical (unpaired) electrons. The van der Waals surface area contributed by atoms with Crippen molar-refractivity contribution in [3.05, 3.63) is 107 Å². The van der Waals surface area contributed by atoms with Gasteiger partial charge in [0.1, 0.15) is 0 Å². The van der Waals surface area contributed by atoms with Crippen LogP contribution < -0.4 is 5.32 Å². The van der Waals surface area contributed by atoms with E-state index in [1.54, 1.807) is 6.92 Å². The number of aliphatic carboxylic acids is 1. The Hall–Kier alpha value is -3.02. The fourth-order valence-electron chi connectivity index (χ4n) is 3.83. The van der Waals surface area contributed by atoms with Gasteiger partial charge in [-0.1, -0.05) is 97.1 Å². The zero-order valence-electron chi connectivity index (χ0n) is 18.9. The van der Waals surface area contributed by atoms with Crippen LogP contribution in [-0.4, -0.2) is 28.8 Å². The molecule has 0 spiro atoms. The average Bonchev–Trinajstić information content (AvgIpc) is 2.85. The number of rotatable bonds is 12. The van der Waals surface area contributed by atoms with Gasteiger partial charge in [-0.25, -0.2) is 4.79 Å². The predicted molar refractivity (Wildman–Crippen MR) is 137 cm³/mol. The fraction of sp³-hybridized carbons (Fsp3) is 0.286. The molecule has 33 heavy (non-hydrogen) atoms. The molecule has 4 nitrogen and oxygen atoms in total. The lowest BCUT2D eigenvalue weighted by Crippen LogP contribution is -2.27. The maximum Gasteiger partial charge on any atom is 0.333 e. The third-order valence-corrected chi connectivity index (χ3v) is 6.07. The summed E-state index contributed by atoms with van der Waals surface area (Å²) >= 11 is 5.81. The molecule has 0 aliphatic carbocycles. The van der Waals surface area contributed by atoms with Gasteiger partial charge in [-0.05, 0) is 42.0 Å². The lowest BCUT2D eigenvalue weighted by molar-refractivity contribution is -0.149. The molecule has 0 saturated carbocycles. The fourth-order valence-corrected chi connectivity index (χ4v) is 4.15. The van der Waals surface area contributed by atoms with Crippen LogP contribution >= 0.6 is 12.2 Å². The van der Waals surface area contributed by atoms with Gasteiger partial charge >= 0.3 is 5.97 Å². The van der Waals surface area contributed by atoms with Crippen molar-refractivity contribution < 1.29 is 14.6 Å². The molecular weight excluding hydrogens is 430 g/mol. The number of carbonyl (C=O) groups is 1. The maximum absolute atomic E-state index is 11.3.